The van der Waals surface area contributed by atoms with E-state index >= 15 is 0 Å². The van der Waals surface area contributed by atoms with Gasteiger partial charge in [0.05, 0.1) is 32.5 Å². The predicted octanol–water partition coefficient (Wildman–Crippen LogP) is 14.0. The van der Waals surface area contributed by atoms with E-state index in [-0.39, 0.29) is 22.4 Å². The maximum atomic E-state index is 13.7. The largest absolute Gasteiger partial charge is 0.506 e. The molecule has 0 radical (unpaired) electrons. The van der Waals surface area contributed by atoms with Crippen molar-refractivity contribution in [1.82, 2.24) is 4.98 Å². The SMILES string of the molecule is CCC/C(N=Nc1nc2ccccc2s1)=N\Nc1ccccc1.CCN1/C(=C/C2=C(O)C(=C\C3=[N+](CC)c4ccc5ccccc5c4C3(C)C)/C2=O)C(C)(C)c2c1ccc1ccccc21. The average Bonchev–Trinajstić information content (AvgIpc) is 3.92. The van der Waals surface area contributed by atoms with Gasteiger partial charge in [0.15, 0.2) is 11.5 Å². The van der Waals surface area contributed by atoms with Gasteiger partial charge in [-0.15, -0.1) is 10.2 Å². The maximum absolute atomic E-state index is 13.7. The van der Waals surface area contributed by atoms with Gasteiger partial charge in [-0.2, -0.15) is 9.68 Å². The normalized spacial score (nSPS) is 17.7. The van der Waals surface area contributed by atoms with Crippen molar-refractivity contribution in [2.45, 2.75) is 72.1 Å². The van der Waals surface area contributed by atoms with Crippen molar-refractivity contribution in [1.29, 1.82) is 0 Å². The molecule has 2 N–H and O–H groups in total. The number of nitrogens with zero attached hydrogens (tertiary/aromatic N) is 6. The molecule has 0 saturated heterocycles. The van der Waals surface area contributed by atoms with Crippen LogP contribution in [0.25, 0.3) is 31.8 Å². The highest BCUT2D eigenvalue weighted by Crippen LogP contribution is 2.52. The molecule has 0 fully saturated rings. The van der Waals surface area contributed by atoms with E-state index in [9.17, 15) is 9.90 Å². The fourth-order valence-corrected chi connectivity index (χ4v) is 10.4. The molecule has 3 heterocycles. The quantitative estimate of drug-likeness (QED) is 0.0375. The highest BCUT2D eigenvalue weighted by atomic mass is 32.1. The fraction of sp³-hybridized carbons (Fsp3) is 0.236. The molecular formula is C55H54N7O2S+. The van der Waals surface area contributed by atoms with Crippen molar-refractivity contribution in [3.63, 3.8) is 0 Å². The molecule has 10 heteroatoms. The summed E-state index contributed by atoms with van der Waals surface area (Å²) in [6, 6.07) is 43.4. The first kappa shape index (κ1) is 43.2. The number of azo groups is 1. The van der Waals surface area contributed by atoms with Gasteiger partial charge in [0, 0.05) is 47.5 Å². The number of hydrazone groups is 1. The molecule has 1 aromatic heterocycles. The zero-order chi connectivity index (χ0) is 45.5. The Morgan fingerprint density at radius 1 is 0.785 bits per heavy atom. The first-order chi connectivity index (χ1) is 31.5. The molecule has 7 aromatic rings. The monoisotopic (exact) mass is 876 g/mol. The van der Waals surface area contributed by atoms with Gasteiger partial charge in [-0.3, -0.25) is 10.2 Å². The molecule has 65 heavy (non-hydrogen) atoms. The zero-order valence-electron chi connectivity index (χ0n) is 38.1. The van der Waals surface area contributed by atoms with Crippen molar-refractivity contribution in [3.8, 4) is 0 Å². The highest BCUT2D eigenvalue weighted by Gasteiger charge is 2.48. The van der Waals surface area contributed by atoms with Crippen molar-refractivity contribution >= 4 is 82.6 Å². The third-order valence-electron chi connectivity index (χ3n) is 12.8. The van der Waals surface area contributed by atoms with Gasteiger partial charge >= 0.3 is 0 Å². The van der Waals surface area contributed by atoms with Crippen LogP contribution >= 0.6 is 11.3 Å². The summed E-state index contributed by atoms with van der Waals surface area (Å²) in [6.45, 7) is 16.8. The number of carbonyl (C=O) groups is 1. The number of benzene rings is 6. The molecule has 0 amide bonds. The minimum absolute atomic E-state index is 0.0836. The van der Waals surface area contributed by atoms with Crippen LogP contribution in [0.1, 0.15) is 72.4 Å². The summed E-state index contributed by atoms with van der Waals surface area (Å²) in [5, 5.41) is 29.7. The highest BCUT2D eigenvalue weighted by molar-refractivity contribution is 7.21. The molecule has 9 nitrogen and oxygen atoms in total. The number of allylic oxidation sites excluding steroid dienone is 5. The van der Waals surface area contributed by atoms with E-state index in [2.05, 4.69) is 156 Å². The smallest absolute Gasteiger partial charge is 0.231 e. The second-order valence-corrected chi connectivity index (χ2v) is 18.6. The summed E-state index contributed by atoms with van der Waals surface area (Å²) >= 11 is 1.52. The lowest BCUT2D eigenvalue weighted by molar-refractivity contribution is -0.433. The number of rotatable bonds is 9. The molecule has 0 unspecified atom stereocenters. The number of Topliss-reactive ketones (excluding diaryl/α,β-unsaturated/α-hetero) is 1. The summed E-state index contributed by atoms with van der Waals surface area (Å²) < 4.78 is 3.39. The van der Waals surface area contributed by atoms with Crippen LogP contribution in [0.4, 0.5) is 22.2 Å². The number of para-hydroxylation sites is 2. The summed E-state index contributed by atoms with van der Waals surface area (Å²) in [7, 11) is 0. The Kier molecular flexibility index (Phi) is 11.6. The van der Waals surface area contributed by atoms with Crippen LogP contribution in [0.3, 0.4) is 0 Å². The van der Waals surface area contributed by atoms with E-state index in [0.717, 1.165) is 53.2 Å². The second kappa shape index (κ2) is 17.5. The molecule has 0 bridgehead atoms. The molecule has 1 aliphatic carbocycles. The third-order valence-corrected chi connectivity index (χ3v) is 13.7. The molecule has 326 valence electrons. The maximum Gasteiger partial charge on any atom is 0.231 e. The van der Waals surface area contributed by atoms with E-state index in [1.54, 1.807) is 0 Å². The number of hydrogen-bond donors (Lipinski definition) is 2. The van der Waals surface area contributed by atoms with Crippen LogP contribution in [0.15, 0.2) is 177 Å². The van der Waals surface area contributed by atoms with Crippen LogP contribution in [0, 0.1) is 0 Å². The molecular weight excluding hydrogens is 823 g/mol. The van der Waals surface area contributed by atoms with E-state index < -0.39 is 0 Å². The summed E-state index contributed by atoms with van der Waals surface area (Å²) in [5.41, 5.74) is 11.9. The number of ketones is 1. The first-order valence-corrected chi connectivity index (χ1v) is 23.3. The molecule has 0 spiro atoms. The average molecular weight is 877 g/mol. The van der Waals surface area contributed by atoms with Crippen molar-refractivity contribution < 1.29 is 14.5 Å². The summed E-state index contributed by atoms with van der Waals surface area (Å²) in [4.78, 5) is 20.5. The lowest BCUT2D eigenvalue weighted by atomic mass is 9.76. The van der Waals surface area contributed by atoms with Gasteiger partial charge < -0.3 is 10.0 Å². The fourth-order valence-electron chi connectivity index (χ4n) is 9.65. The van der Waals surface area contributed by atoms with Crippen molar-refractivity contribution in [3.05, 3.63) is 173 Å². The Labute approximate surface area is 384 Å². The van der Waals surface area contributed by atoms with E-state index in [1.807, 2.05) is 66.7 Å². The number of likely N-dealkylation sites (N-methyl/N-ethyl adjacent to an activating group) is 1. The Morgan fingerprint density at radius 3 is 2.12 bits per heavy atom. The van der Waals surface area contributed by atoms with Crippen LogP contribution in [0.2, 0.25) is 0 Å². The van der Waals surface area contributed by atoms with Crippen molar-refractivity contribution in [2.24, 2.45) is 15.3 Å². The minimum Gasteiger partial charge on any atom is -0.506 e. The number of carbonyl (C=O) groups excluding carboxylic acids is 1. The summed E-state index contributed by atoms with van der Waals surface area (Å²) in [6.07, 6.45) is 5.57. The third kappa shape index (κ3) is 7.75. The standard InChI is InChI=1S/C38H36N2O2.C17H17N5S/c1-7-39-29-19-17-23-13-9-11-15-25(23)33(29)37(3,4)31(39)21-27-35(41)28(36(27)42)22-32-38(5,6)34-26-16-12-10-14-24(26)18-20-30(34)40(32)8-2;1-2-8-16(20-19-13-9-4-3-5-10-13)21-22-17-18-14-11-6-7-12-15(14)23-17/h9-22H,7-8H2,1-6H3;3-7,9-12,19H,2,8H2,1H3/p+1/b;20-16+,22-21?. The van der Waals surface area contributed by atoms with Gasteiger partial charge in [0.2, 0.25) is 16.6 Å². The van der Waals surface area contributed by atoms with Crippen molar-refractivity contribution in [2.75, 3.05) is 23.4 Å². The molecule has 10 rings (SSSR count). The Bertz CT molecular complexity index is 3170. The van der Waals surface area contributed by atoms with Crippen LogP contribution in [0.5, 0.6) is 0 Å². The number of aliphatic hydroxyl groups is 1. The number of anilines is 2. The summed E-state index contributed by atoms with van der Waals surface area (Å²) in [5.74, 6) is 0.642. The lowest BCUT2D eigenvalue weighted by Gasteiger charge is -2.28. The number of thiazole rings is 1. The van der Waals surface area contributed by atoms with Gasteiger partial charge in [-0.05, 0) is 104 Å². The predicted molar refractivity (Wildman–Crippen MR) is 270 cm³/mol. The van der Waals surface area contributed by atoms with Crippen LogP contribution in [-0.2, 0) is 15.6 Å². The number of amidine groups is 1. The molecule has 6 aromatic carbocycles. The number of aromatic nitrogens is 1. The molecule has 0 saturated carbocycles. The molecule has 0 atom stereocenters. The Morgan fingerprint density at radius 2 is 1.45 bits per heavy atom. The van der Waals surface area contributed by atoms with Gasteiger partial charge in [0.25, 0.3) is 0 Å². The first-order valence-electron chi connectivity index (χ1n) is 22.5. The lowest BCUT2D eigenvalue weighted by Crippen LogP contribution is -2.32. The Balaban J connectivity index is 0.000000196. The topological polar surface area (TPSA) is 106 Å². The van der Waals surface area contributed by atoms with Gasteiger partial charge in [-0.25, -0.2) is 4.98 Å². The van der Waals surface area contributed by atoms with Crippen LogP contribution in [-0.4, -0.2) is 45.1 Å². The number of hydrogen-bond acceptors (Lipinski definition) is 8. The van der Waals surface area contributed by atoms with Gasteiger partial charge in [0.1, 0.15) is 12.3 Å². The Hall–Kier alpha value is -7.04. The van der Waals surface area contributed by atoms with Gasteiger partial charge in [-0.1, -0.05) is 117 Å². The van der Waals surface area contributed by atoms with E-state index in [4.69, 9.17) is 0 Å². The van der Waals surface area contributed by atoms with E-state index in [1.165, 1.54) is 55.4 Å². The minimum atomic E-state index is -0.330. The number of fused-ring (bicyclic) bond motifs is 7. The second-order valence-electron chi connectivity index (χ2n) is 17.6. The molecule has 3 aliphatic rings. The number of aliphatic hydroxyl groups excluding tert-OH is 1. The zero-order valence-corrected chi connectivity index (χ0v) is 38.9. The van der Waals surface area contributed by atoms with Crippen LogP contribution < -0.4 is 10.3 Å². The molecule has 2 aliphatic heterocycles. The number of nitrogens with one attached hydrogen (secondary N) is 1. The van der Waals surface area contributed by atoms with E-state index in [0.29, 0.717) is 22.1 Å².